The molecule has 34 heavy (non-hydrogen) atoms. The van der Waals surface area contributed by atoms with Crippen molar-refractivity contribution in [1.29, 1.82) is 0 Å². The molecule has 0 radical (unpaired) electrons. The average Bonchev–Trinajstić information content (AvgIpc) is 3.54. The number of carbonyl (C=O) groups excluding carboxylic acids is 2. The minimum atomic E-state index is -1.34. The van der Waals surface area contributed by atoms with Gasteiger partial charge in [-0.05, 0) is 43.6 Å². The van der Waals surface area contributed by atoms with Crippen molar-refractivity contribution >= 4 is 17.7 Å². The molecule has 3 aliphatic heterocycles. The summed E-state index contributed by atoms with van der Waals surface area (Å²) < 4.78 is 6.82. The van der Waals surface area contributed by atoms with E-state index in [0.717, 1.165) is 77.3 Å². The van der Waals surface area contributed by atoms with Crippen molar-refractivity contribution < 1.29 is 40.9 Å². The van der Waals surface area contributed by atoms with Crippen molar-refractivity contribution in [2.45, 2.75) is 75.9 Å². The zero-order chi connectivity index (χ0) is 22.9. The first-order valence-corrected chi connectivity index (χ1v) is 12.8. The van der Waals surface area contributed by atoms with Gasteiger partial charge in [0.05, 0.1) is 13.1 Å². The number of amides is 1. The Morgan fingerprint density at radius 2 is 1.68 bits per heavy atom. The lowest BCUT2D eigenvalue weighted by Gasteiger charge is -2.52. The van der Waals surface area contributed by atoms with Gasteiger partial charge in [0, 0.05) is 25.0 Å². The third kappa shape index (κ3) is 5.02. The Hall–Kier alpha value is -1.58. The lowest BCUT2D eigenvalue weighted by molar-refractivity contribution is -0.939. The number of aliphatic hydroxyl groups is 1. The van der Waals surface area contributed by atoms with Gasteiger partial charge < -0.3 is 36.6 Å². The molecule has 0 unspecified atom stereocenters. The smallest absolute Gasteiger partial charge is 0.339 e. The van der Waals surface area contributed by atoms with E-state index in [1.54, 1.807) is 12.3 Å². The van der Waals surface area contributed by atoms with Crippen LogP contribution in [-0.4, -0.2) is 69.3 Å². The first-order chi connectivity index (χ1) is 16.0. The first-order valence-electron chi connectivity index (χ1n) is 12.8. The maximum absolute atomic E-state index is 13.6. The number of carbonyl (C=O) groups is 2. The molecule has 1 aromatic heterocycles. The summed E-state index contributed by atoms with van der Waals surface area (Å²) >= 11 is 0. The van der Waals surface area contributed by atoms with Crippen LogP contribution in [0, 0.1) is 17.8 Å². The number of piperidine rings is 3. The van der Waals surface area contributed by atoms with E-state index >= 15 is 0 Å². The Morgan fingerprint density at radius 3 is 2.24 bits per heavy atom. The number of anilines is 1. The molecule has 9 heteroatoms. The fourth-order valence-corrected chi connectivity index (χ4v) is 7.06. The molecule has 1 atom stereocenters. The maximum atomic E-state index is 13.6. The average molecular weight is 537 g/mol. The van der Waals surface area contributed by atoms with Gasteiger partial charge in [0.2, 0.25) is 0 Å². The number of aromatic nitrogens is 2. The predicted molar refractivity (Wildman–Crippen MR) is 122 cm³/mol. The number of rotatable bonds is 7. The largest absolute Gasteiger partial charge is 1.00 e. The molecule has 2 bridgehead atoms. The summed E-state index contributed by atoms with van der Waals surface area (Å²) in [5, 5.41) is 14.7. The topological polar surface area (TPSA) is 101 Å². The molecule has 2 N–H and O–H groups in total. The maximum Gasteiger partial charge on any atom is 0.339 e. The molecule has 0 spiro atoms. The molecule has 5 fully saturated rings. The molecule has 188 valence electrons. The number of quaternary nitrogens is 1. The van der Waals surface area contributed by atoms with Gasteiger partial charge in [-0.15, -0.1) is 0 Å². The molecule has 1 amide bonds. The van der Waals surface area contributed by atoms with Crippen LogP contribution in [-0.2, 0) is 14.3 Å². The molecule has 8 nitrogen and oxygen atoms in total. The fourth-order valence-electron chi connectivity index (χ4n) is 7.06. The number of halogens is 1. The Bertz CT molecular complexity index is 834. The highest BCUT2D eigenvalue weighted by Crippen LogP contribution is 2.46. The predicted octanol–water partition coefficient (Wildman–Crippen LogP) is -0.317. The van der Waals surface area contributed by atoms with Gasteiger partial charge in [0.25, 0.3) is 5.91 Å². The van der Waals surface area contributed by atoms with E-state index in [0.29, 0.717) is 29.3 Å². The molecule has 0 aromatic carbocycles. The second-order valence-corrected chi connectivity index (χ2v) is 10.8. The summed E-state index contributed by atoms with van der Waals surface area (Å²) in [4.78, 5) is 34.3. The number of ether oxygens (including phenoxy) is 1. The van der Waals surface area contributed by atoms with Crippen LogP contribution in [0.4, 0.5) is 5.82 Å². The molecule has 5 aliphatic rings. The number of hydrogen-bond acceptors (Lipinski definition) is 6. The highest BCUT2D eigenvalue weighted by atomic mass is 79.9. The molecule has 2 saturated carbocycles. The minimum Gasteiger partial charge on any atom is -1.00 e. The monoisotopic (exact) mass is 536 g/mol. The van der Waals surface area contributed by atoms with E-state index in [4.69, 9.17) is 4.74 Å². The third-order valence-electron chi connectivity index (χ3n) is 8.91. The third-order valence-corrected chi connectivity index (χ3v) is 8.91. The number of fused-ring (bicyclic) bond motifs is 3. The van der Waals surface area contributed by atoms with E-state index in [1.807, 2.05) is 0 Å². The summed E-state index contributed by atoms with van der Waals surface area (Å²) in [7, 11) is 0. The standard InChI is InChI=1S/C25H36N4O4.BrH/c30-23(28-22-9-12-26-17-27-22)16-29-13-10-18(11-14-29)21(15-29)33-24(31)25(32,19-5-1-2-6-19)20-7-3-4-8-20;/h9,12,17-21,32H,1-8,10-11,13-16H2;1H/t18?,21-,29?;/m0./s1. The van der Waals surface area contributed by atoms with Crippen molar-refractivity contribution in [1.82, 2.24) is 9.97 Å². The number of nitrogens with one attached hydrogen (secondary N) is 1. The lowest BCUT2D eigenvalue weighted by atomic mass is 9.74. The molecule has 1 aromatic rings. The Kier molecular flexibility index (Phi) is 7.94. The van der Waals surface area contributed by atoms with Crippen LogP contribution >= 0.6 is 0 Å². The second kappa shape index (κ2) is 10.6. The van der Waals surface area contributed by atoms with Crippen molar-refractivity contribution in [3.05, 3.63) is 18.6 Å². The van der Waals surface area contributed by atoms with E-state index in [2.05, 4.69) is 15.3 Å². The van der Waals surface area contributed by atoms with E-state index in [9.17, 15) is 14.7 Å². The highest BCUT2D eigenvalue weighted by Gasteiger charge is 2.55. The van der Waals surface area contributed by atoms with E-state index < -0.39 is 5.60 Å². The Morgan fingerprint density at radius 1 is 1.06 bits per heavy atom. The quantitative estimate of drug-likeness (QED) is 0.366. The SMILES string of the molecule is O=C(C[N+]12CCC(CC1)[C@@H](OC(=O)C(O)(C1CCCC1)C1CCCC1)C2)Nc1ccncn1.[Br-]. The van der Waals surface area contributed by atoms with Gasteiger partial charge in [-0.3, -0.25) is 4.79 Å². The molecular weight excluding hydrogens is 500 g/mol. The van der Waals surface area contributed by atoms with Crippen LogP contribution in [0.15, 0.2) is 18.6 Å². The summed E-state index contributed by atoms with van der Waals surface area (Å²) in [6.45, 7) is 2.84. The van der Waals surface area contributed by atoms with Crippen molar-refractivity contribution in [3.8, 4) is 0 Å². The summed E-state index contributed by atoms with van der Waals surface area (Å²) in [6.07, 6.45) is 12.7. The van der Waals surface area contributed by atoms with Crippen LogP contribution in [0.2, 0.25) is 0 Å². The fraction of sp³-hybridized carbons (Fsp3) is 0.760. The number of esters is 1. The summed E-state index contributed by atoms with van der Waals surface area (Å²) in [5.41, 5.74) is -1.34. The van der Waals surface area contributed by atoms with Gasteiger partial charge in [0.15, 0.2) is 18.2 Å². The molecular formula is C25H37BrN4O4. The molecule has 4 heterocycles. The number of hydrogen-bond donors (Lipinski definition) is 2. The normalized spacial score (nSPS) is 29.6. The first kappa shape index (κ1) is 25.5. The lowest BCUT2D eigenvalue weighted by Crippen LogP contribution is -3.00. The van der Waals surface area contributed by atoms with Crippen LogP contribution in [0.25, 0.3) is 0 Å². The Labute approximate surface area is 212 Å². The second-order valence-electron chi connectivity index (χ2n) is 10.8. The highest BCUT2D eigenvalue weighted by molar-refractivity contribution is 5.90. The van der Waals surface area contributed by atoms with Gasteiger partial charge in [0.1, 0.15) is 18.7 Å². The van der Waals surface area contributed by atoms with Crippen LogP contribution < -0.4 is 22.3 Å². The van der Waals surface area contributed by atoms with Crippen LogP contribution in [0.5, 0.6) is 0 Å². The number of nitrogens with zero attached hydrogens (tertiary/aromatic N) is 3. The van der Waals surface area contributed by atoms with E-state index in [-0.39, 0.29) is 46.8 Å². The minimum absolute atomic E-state index is 0. The van der Waals surface area contributed by atoms with Crippen LogP contribution in [0.3, 0.4) is 0 Å². The summed E-state index contributed by atoms with van der Waals surface area (Å²) in [5.74, 6) is 0.416. The summed E-state index contributed by atoms with van der Waals surface area (Å²) in [6, 6.07) is 1.68. The molecule has 6 rings (SSSR count). The van der Waals surface area contributed by atoms with Gasteiger partial charge >= 0.3 is 5.97 Å². The van der Waals surface area contributed by atoms with Gasteiger partial charge in [-0.1, -0.05) is 25.7 Å². The van der Waals surface area contributed by atoms with Crippen molar-refractivity contribution in [2.75, 3.05) is 31.5 Å². The zero-order valence-electron chi connectivity index (χ0n) is 19.8. The van der Waals surface area contributed by atoms with E-state index in [1.165, 1.54) is 6.33 Å². The van der Waals surface area contributed by atoms with Gasteiger partial charge in [-0.2, -0.15) is 0 Å². The van der Waals surface area contributed by atoms with Crippen molar-refractivity contribution in [3.63, 3.8) is 0 Å². The Balaban J connectivity index is 0.00000274. The van der Waals surface area contributed by atoms with Crippen molar-refractivity contribution in [2.24, 2.45) is 17.8 Å². The van der Waals surface area contributed by atoms with Crippen LogP contribution in [0.1, 0.15) is 64.2 Å². The molecule has 3 saturated heterocycles. The van der Waals surface area contributed by atoms with Gasteiger partial charge in [-0.25, -0.2) is 14.8 Å². The zero-order valence-corrected chi connectivity index (χ0v) is 21.4. The molecule has 2 aliphatic carbocycles.